The number of aromatic nitrogens is 2. The Kier molecular flexibility index (Phi) is 8.12. The predicted molar refractivity (Wildman–Crippen MR) is 133 cm³/mol. The Balaban J connectivity index is 1.48. The first-order valence-electron chi connectivity index (χ1n) is 11.1. The number of carbonyl (C=O) groups excluding carboxylic acids is 3. The Morgan fingerprint density at radius 1 is 1.28 bits per heavy atom. The topological polar surface area (TPSA) is 164 Å². The number of anilines is 1. The quantitative estimate of drug-likeness (QED) is 0.249. The number of urea groups is 1. The summed E-state index contributed by atoms with van der Waals surface area (Å²) in [6.45, 7) is 4.06. The molecule has 1 fully saturated rings. The number of nitrogens with two attached hydrogens (primary N) is 1. The number of ether oxygens (including phenoxy) is 1. The lowest BCUT2D eigenvalue weighted by Crippen LogP contribution is -2.53. The fraction of sp³-hybridized carbons (Fsp3) is 0.429. The van der Waals surface area contributed by atoms with Crippen LogP contribution in [0, 0.1) is 0 Å². The number of amides is 3. The van der Waals surface area contributed by atoms with E-state index in [2.05, 4.69) is 30.7 Å². The van der Waals surface area contributed by atoms with Crippen molar-refractivity contribution >= 4 is 51.4 Å². The second kappa shape index (κ2) is 11.5. The molecule has 0 bridgehead atoms. The first-order valence-corrected chi connectivity index (χ1v) is 12.9. The Labute approximate surface area is 215 Å². The van der Waals surface area contributed by atoms with E-state index in [0.29, 0.717) is 59.8 Å². The van der Waals surface area contributed by atoms with Crippen LogP contribution in [-0.2, 0) is 19.2 Å². The molecular weight excluding hydrogens is 508 g/mol. The van der Waals surface area contributed by atoms with Crippen LogP contribution in [0.3, 0.4) is 0 Å². The van der Waals surface area contributed by atoms with Crippen LogP contribution in [0.4, 0.5) is 9.93 Å². The summed E-state index contributed by atoms with van der Waals surface area (Å²) in [7, 11) is 1.36. The van der Waals surface area contributed by atoms with Crippen LogP contribution in [-0.4, -0.2) is 89.8 Å². The van der Waals surface area contributed by atoms with Gasteiger partial charge in [-0.05, 0) is 6.92 Å². The molecule has 4 rings (SSSR count). The SMILES string of the molecule is CCOC(=O)C1=C(CN2CCN(C(=O)/C(=N/OC)c3csc(N)n3)CC2)NC(=O)NC1c1nccs1. The van der Waals surface area contributed by atoms with E-state index >= 15 is 0 Å². The number of nitrogen functional groups attached to an aromatic ring is 1. The second-order valence-corrected chi connectivity index (χ2v) is 9.59. The van der Waals surface area contributed by atoms with E-state index in [1.807, 2.05) is 0 Å². The number of rotatable bonds is 8. The van der Waals surface area contributed by atoms with E-state index in [0.717, 1.165) is 0 Å². The highest BCUT2D eigenvalue weighted by Gasteiger charge is 2.36. The van der Waals surface area contributed by atoms with E-state index in [9.17, 15) is 14.4 Å². The highest BCUT2D eigenvalue weighted by Crippen LogP contribution is 2.29. The maximum atomic E-state index is 13.1. The zero-order chi connectivity index (χ0) is 25.7. The highest BCUT2D eigenvalue weighted by molar-refractivity contribution is 7.13. The van der Waals surface area contributed by atoms with Crippen LogP contribution >= 0.6 is 22.7 Å². The van der Waals surface area contributed by atoms with Crippen LogP contribution in [0.5, 0.6) is 0 Å². The van der Waals surface area contributed by atoms with Gasteiger partial charge in [-0.25, -0.2) is 19.6 Å². The molecule has 0 aromatic carbocycles. The first kappa shape index (κ1) is 25.5. The molecule has 1 saturated heterocycles. The van der Waals surface area contributed by atoms with Crippen molar-refractivity contribution in [1.82, 2.24) is 30.4 Å². The molecule has 0 saturated carbocycles. The Hall–Kier alpha value is -3.56. The first-order chi connectivity index (χ1) is 17.4. The standard InChI is InChI=1S/C21H26N8O5S2/c1-3-34-19(31)14-12(25-21(32)26-16(14)17-23-4-9-35-17)10-28-5-7-29(8-6-28)18(30)15(27-33-2)13-11-36-20(22)24-13/h4,9,11,16H,3,5-8,10H2,1-2H3,(H2,22,24)(H2,25,26,32)/b27-15+. The monoisotopic (exact) mass is 534 g/mol. The van der Waals surface area contributed by atoms with Gasteiger partial charge in [0.1, 0.15) is 23.9 Å². The largest absolute Gasteiger partial charge is 0.463 e. The summed E-state index contributed by atoms with van der Waals surface area (Å²) >= 11 is 2.55. The van der Waals surface area contributed by atoms with Crippen LogP contribution in [0.25, 0.3) is 0 Å². The predicted octanol–water partition coefficient (Wildman–Crippen LogP) is 0.548. The van der Waals surface area contributed by atoms with E-state index in [1.165, 1.54) is 29.8 Å². The maximum absolute atomic E-state index is 13.1. The lowest BCUT2D eigenvalue weighted by molar-refractivity contribution is -0.139. The van der Waals surface area contributed by atoms with Crippen LogP contribution < -0.4 is 16.4 Å². The summed E-state index contributed by atoms with van der Waals surface area (Å²) in [5.41, 5.74) is 6.93. The van der Waals surface area contributed by atoms with Crippen molar-refractivity contribution in [2.24, 2.45) is 5.16 Å². The van der Waals surface area contributed by atoms with E-state index in [4.69, 9.17) is 15.3 Å². The Morgan fingerprint density at radius 3 is 2.67 bits per heavy atom. The summed E-state index contributed by atoms with van der Waals surface area (Å²) in [6, 6.07) is -1.12. The van der Waals surface area contributed by atoms with E-state index in [1.54, 1.807) is 28.8 Å². The molecule has 1 unspecified atom stereocenters. The molecule has 0 spiro atoms. The fourth-order valence-corrected chi connectivity index (χ4v) is 5.16. The molecule has 1 atom stereocenters. The summed E-state index contributed by atoms with van der Waals surface area (Å²) in [5, 5.41) is 13.8. The van der Waals surface area contributed by atoms with Crippen molar-refractivity contribution in [2.45, 2.75) is 13.0 Å². The number of hydrogen-bond donors (Lipinski definition) is 3. The molecule has 3 amide bonds. The van der Waals surface area contributed by atoms with Gasteiger partial charge in [0.25, 0.3) is 5.91 Å². The normalized spacial score (nSPS) is 19.1. The second-order valence-electron chi connectivity index (χ2n) is 7.78. The molecule has 15 heteroatoms. The van der Waals surface area contributed by atoms with Gasteiger partial charge in [-0.15, -0.1) is 22.7 Å². The number of hydrogen-bond acceptors (Lipinski definition) is 12. The lowest BCUT2D eigenvalue weighted by Gasteiger charge is -2.36. The van der Waals surface area contributed by atoms with Gasteiger partial charge >= 0.3 is 12.0 Å². The molecular formula is C21H26N8O5S2. The van der Waals surface area contributed by atoms with Crippen molar-refractivity contribution in [3.05, 3.63) is 38.9 Å². The minimum Gasteiger partial charge on any atom is -0.463 e. The van der Waals surface area contributed by atoms with E-state index in [-0.39, 0.29) is 18.2 Å². The Morgan fingerprint density at radius 2 is 2.06 bits per heavy atom. The Bertz CT molecular complexity index is 1170. The summed E-state index contributed by atoms with van der Waals surface area (Å²) in [6.07, 6.45) is 1.62. The van der Waals surface area contributed by atoms with Crippen molar-refractivity contribution in [3.8, 4) is 0 Å². The smallest absolute Gasteiger partial charge is 0.338 e. The fourth-order valence-electron chi connectivity index (χ4n) is 3.92. The molecule has 36 heavy (non-hydrogen) atoms. The van der Waals surface area contributed by atoms with Crippen LogP contribution in [0.1, 0.15) is 23.7 Å². The highest BCUT2D eigenvalue weighted by atomic mass is 32.1. The minimum absolute atomic E-state index is 0.0862. The molecule has 4 heterocycles. The number of nitrogens with one attached hydrogen (secondary N) is 2. The zero-order valence-corrected chi connectivity index (χ0v) is 21.4. The number of esters is 1. The molecule has 2 aliphatic rings. The summed E-state index contributed by atoms with van der Waals surface area (Å²) in [5.74, 6) is -0.829. The van der Waals surface area contributed by atoms with Gasteiger partial charge in [0, 0.05) is 55.4 Å². The number of oxime groups is 1. The summed E-state index contributed by atoms with van der Waals surface area (Å²) in [4.78, 5) is 55.4. The average Bonchev–Trinajstić information content (AvgIpc) is 3.54. The van der Waals surface area contributed by atoms with Gasteiger partial charge < -0.3 is 30.8 Å². The number of nitrogens with zero attached hydrogens (tertiary/aromatic N) is 5. The van der Waals surface area contributed by atoms with Crippen LogP contribution in [0.15, 0.2) is 33.4 Å². The molecule has 2 aromatic heterocycles. The van der Waals surface area contributed by atoms with Gasteiger partial charge in [0.05, 0.1) is 12.2 Å². The molecule has 0 aliphatic carbocycles. The van der Waals surface area contributed by atoms with E-state index < -0.39 is 18.0 Å². The maximum Gasteiger partial charge on any atom is 0.338 e. The zero-order valence-electron chi connectivity index (χ0n) is 19.7. The molecule has 4 N–H and O–H groups in total. The van der Waals surface area contributed by atoms with Crippen molar-refractivity contribution < 1.29 is 24.0 Å². The number of piperazine rings is 1. The average molecular weight is 535 g/mol. The summed E-state index contributed by atoms with van der Waals surface area (Å²) < 4.78 is 5.28. The van der Waals surface area contributed by atoms with Crippen molar-refractivity contribution in [1.29, 1.82) is 0 Å². The minimum atomic E-state index is -0.700. The van der Waals surface area contributed by atoms with Gasteiger partial charge in [0.2, 0.25) is 0 Å². The van der Waals surface area contributed by atoms with Crippen molar-refractivity contribution in [3.63, 3.8) is 0 Å². The third-order valence-electron chi connectivity index (χ3n) is 5.54. The lowest BCUT2D eigenvalue weighted by atomic mass is 10.0. The molecule has 2 aliphatic heterocycles. The number of carbonyl (C=O) groups is 3. The molecule has 192 valence electrons. The third-order valence-corrected chi connectivity index (χ3v) is 7.05. The number of thiazole rings is 2. The third kappa shape index (κ3) is 5.63. The van der Waals surface area contributed by atoms with Gasteiger partial charge in [-0.3, -0.25) is 9.69 Å². The van der Waals surface area contributed by atoms with Crippen molar-refractivity contribution in [2.75, 3.05) is 52.2 Å². The van der Waals surface area contributed by atoms with Gasteiger partial charge in [-0.1, -0.05) is 5.16 Å². The molecule has 0 radical (unpaired) electrons. The molecule has 13 nitrogen and oxygen atoms in total. The van der Waals surface area contributed by atoms with Crippen LogP contribution in [0.2, 0.25) is 0 Å². The van der Waals surface area contributed by atoms with Gasteiger partial charge in [-0.2, -0.15) is 0 Å². The molecule has 2 aromatic rings. The van der Waals surface area contributed by atoms with Gasteiger partial charge in [0.15, 0.2) is 10.8 Å².